The first-order valence-corrected chi connectivity index (χ1v) is 8.34. The number of benzene rings is 1. The van der Waals surface area contributed by atoms with Crippen molar-refractivity contribution in [3.05, 3.63) is 27.7 Å². The van der Waals surface area contributed by atoms with Crippen molar-refractivity contribution in [2.75, 3.05) is 32.6 Å². The summed E-state index contributed by atoms with van der Waals surface area (Å²) in [7, 11) is 2.54. The largest absolute Gasteiger partial charge is 0.465 e. The van der Waals surface area contributed by atoms with E-state index in [0.717, 1.165) is 0 Å². The number of ether oxygens (including phenoxy) is 2. The molecule has 0 spiro atoms. The van der Waals surface area contributed by atoms with Crippen molar-refractivity contribution in [3.63, 3.8) is 0 Å². The van der Waals surface area contributed by atoms with E-state index < -0.39 is 12.1 Å². The predicted octanol–water partition coefficient (Wildman–Crippen LogP) is 3.20. The molecule has 1 saturated heterocycles. The van der Waals surface area contributed by atoms with Crippen molar-refractivity contribution < 1.29 is 23.9 Å². The van der Waals surface area contributed by atoms with Gasteiger partial charge in [-0.2, -0.15) is 0 Å². The third kappa shape index (κ3) is 4.35. The van der Waals surface area contributed by atoms with E-state index in [-0.39, 0.29) is 33.1 Å². The summed E-state index contributed by atoms with van der Waals surface area (Å²) in [5.41, 5.74) is 0.288. The van der Waals surface area contributed by atoms with E-state index in [2.05, 4.69) is 14.8 Å². The Bertz CT molecular complexity index is 687. The Kier molecular flexibility index (Phi) is 6.50. The minimum atomic E-state index is -0.683. The van der Waals surface area contributed by atoms with Gasteiger partial charge in [0.1, 0.15) is 0 Å². The Morgan fingerprint density at radius 1 is 1.12 bits per heavy atom. The summed E-state index contributed by atoms with van der Waals surface area (Å²) in [5.74, 6) is -1.18. The molecule has 1 N–H and O–H groups in total. The van der Waals surface area contributed by atoms with Crippen LogP contribution in [-0.2, 0) is 14.3 Å². The van der Waals surface area contributed by atoms with Crippen molar-refractivity contribution in [2.24, 2.45) is 5.92 Å². The fraction of sp³-hybridized carbons (Fsp3) is 0.438. The highest BCUT2D eigenvalue weighted by Gasteiger charge is 2.28. The smallest absolute Gasteiger partial charge is 0.409 e. The van der Waals surface area contributed by atoms with Crippen LogP contribution in [0, 0.1) is 5.92 Å². The Morgan fingerprint density at radius 3 is 2.32 bits per heavy atom. The highest BCUT2D eigenvalue weighted by Crippen LogP contribution is 2.33. The van der Waals surface area contributed by atoms with Gasteiger partial charge in [-0.25, -0.2) is 9.59 Å². The van der Waals surface area contributed by atoms with Gasteiger partial charge in [0.05, 0.1) is 35.5 Å². The van der Waals surface area contributed by atoms with E-state index in [1.807, 2.05) is 0 Å². The molecule has 7 nitrogen and oxygen atoms in total. The van der Waals surface area contributed by atoms with Gasteiger partial charge in [0.25, 0.3) is 0 Å². The maximum absolute atomic E-state index is 12.4. The molecule has 136 valence electrons. The number of carbonyl (C=O) groups excluding carboxylic acids is 3. The van der Waals surface area contributed by atoms with Crippen molar-refractivity contribution in [3.8, 4) is 0 Å². The summed E-state index contributed by atoms with van der Waals surface area (Å²) in [4.78, 5) is 37.2. The van der Waals surface area contributed by atoms with Crippen LogP contribution < -0.4 is 5.32 Å². The molecular formula is C16H18Cl2N2O5. The number of likely N-dealkylation sites (tertiary alicyclic amines) is 1. The van der Waals surface area contributed by atoms with Gasteiger partial charge in [-0.3, -0.25) is 4.79 Å². The fourth-order valence-electron chi connectivity index (χ4n) is 2.63. The molecule has 0 saturated carbocycles. The molecule has 25 heavy (non-hydrogen) atoms. The molecule has 0 aromatic heterocycles. The van der Waals surface area contributed by atoms with Gasteiger partial charge in [-0.15, -0.1) is 0 Å². The van der Waals surface area contributed by atoms with Crippen LogP contribution in [0.4, 0.5) is 10.5 Å². The van der Waals surface area contributed by atoms with Crippen molar-refractivity contribution in [2.45, 2.75) is 12.8 Å². The van der Waals surface area contributed by atoms with Crippen molar-refractivity contribution in [1.82, 2.24) is 4.90 Å². The lowest BCUT2D eigenvalue weighted by Gasteiger charge is -2.30. The van der Waals surface area contributed by atoms with E-state index >= 15 is 0 Å². The van der Waals surface area contributed by atoms with E-state index in [9.17, 15) is 14.4 Å². The van der Waals surface area contributed by atoms with Crippen LogP contribution in [-0.4, -0.2) is 50.2 Å². The first-order valence-electron chi connectivity index (χ1n) is 7.59. The third-order valence-electron chi connectivity index (χ3n) is 4.04. The molecule has 9 heteroatoms. The first kappa shape index (κ1) is 19.3. The molecule has 1 aliphatic rings. The van der Waals surface area contributed by atoms with Crippen LogP contribution in [0.25, 0.3) is 0 Å². The zero-order chi connectivity index (χ0) is 18.6. The summed E-state index contributed by atoms with van der Waals surface area (Å²) >= 11 is 12.2. The normalized spacial score (nSPS) is 14.8. The average Bonchev–Trinajstić information content (AvgIpc) is 2.63. The molecule has 0 bridgehead atoms. The summed E-state index contributed by atoms with van der Waals surface area (Å²) < 4.78 is 9.32. The van der Waals surface area contributed by atoms with Crippen molar-refractivity contribution in [1.29, 1.82) is 0 Å². The van der Waals surface area contributed by atoms with Gasteiger partial charge in [0, 0.05) is 19.0 Å². The Labute approximate surface area is 155 Å². The Morgan fingerprint density at radius 2 is 1.76 bits per heavy atom. The number of hydrogen-bond donors (Lipinski definition) is 1. The number of halogens is 2. The van der Waals surface area contributed by atoms with Crippen LogP contribution in [0.3, 0.4) is 0 Å². The zero-order valence-corrected chi connectivity index (χ0v) is 15.3. The van der Waals surface area contributed by atoms with E-state index in [4.69, 9.17) is 23.2 Å². The van der Waals surface area contributed by atoms with Crippen LogP contribution in [0.2, 0.25) is 10.0 Å². The highest BCUT2D eigenvalue weighted by molar-refractivity contribution is 6.41. The lowest BCUT2D eigenvalue weighted by atomic mass is 9.96. The molecule has 1 aromatic rings. The van der Waals surface area contributed by atoms with Gasteiger partial charge >= 0.3 is 12.1 Å². The summed E-state index contributed by atoms with van der Waals surface area (Å²) in [6, 6.07) is 2.99. The lowest BCUT2D eigenvalue weighted by Crippen LogP contribution is -2.41. The van der Waals surface area contributed by atoms with Crippen molar-refractivity contribution >= 4 is 46.9 Å². The number of hydrogen-bond acceptors (Lipinski definition) is 5. The molecule has 0 unspecified atom stereocenters. The van der Waals surface area contributed by atoms with E-state index in [1.54, 1.807) is 4.90 Å². The molecule has 0 aliphatic carbocycles. The Balaban J connectivity index is 2.07. The van der Waals surface area contributed by atoms with Crippen LogP contribution in [0.15, 0.2) is 12.1 Å². The Hall–Kier alpha value is -1.99. The van der Waals surface area contributed by atoms with Crippen LogP contribution >= 0.6 is 23.2 Å². The number of methoxy groups -OCH3 is 2. The van der Waals surface area contributed by atoms with E-state index in [1.165, 1.54) is 26.4 Å². The number of nitrogens with zero attached hydrogens (tertiary/aromatic N) is 1. The maximum atomic E-state index is 12.4. The monoisotopic (exact) mass is 388 g/mol. The third-order valence-corrected chi connectivity index (χ3v) is 4.74. The number of piperidine rings is 1. The number of carbonyl (C=O) groups is 3. The van der Waals surface area contributed by atoms with Gasteiger partial charge in [-0.05, 0) is 25.0 Å². The van der Waals surface area contributed by atoms with Gasteiger partial charge < -0.3 is 19.7 Å². The molecule has 1 heterocycles. The molecule has 0 radical (unpaired) electrons. The lowest BCUT2D eigenvalue weighted by molar-refractivity contribution is -0.121. The summed E-state index contributed by atoms with van der Waals surface area (Å²) in [5, 5.41) is 2.88. The number of nitrogens with one attached hydrogen (secondary N) is 1. The maximum Gasteiger partial charge on any atom is 0.409 e. The highest BCUT2D eigenvalue weighted by atomic mass is 35.5. The second-order valence-electron chi connectivity index (χ2n) is 5.50. The zero-order valence-electron chi connectivity index (χ0n) is 13.8. The van der Waals surface area contributed by atoms with E-state index in [0.29, 0.717) is 25.9 Å². The summed E-state index contributed by atoms with van der Waals surface area (Å²) in [6.45, 7) is 0.874. The fourth-order valence-corrected chi connectivity index (χ4v) is 3.20. The topological polar surface area (TPSA) is 84.9 Å². The summed E-state index contributed by atoms with van der Waals surface area (Å²) in [6.07, 6.45) is 0.619. The molecule has 2 rings (SSSR count). The quantitative estimate of drug-likeness (QED) is 0.803. The second-order valence-corrected chi connectivity index (χ2v) is 6.28. The van der Waals surface area contributed by atoms with Crippen LogP contribution in [0.5, 0.6) is 0 Å². The predicted molar refractivity (Wildman–Crippen MR) is 93.1 cm³/mol. The molecule has 1 aliphatic heterocycles. The van der Waals surface area contributed by atoms with Gasteiger partial charge in [0.2, 0.25) is 5.91 Å². The number of amides is 2. The molecule has 1 fully saturated rings. The molecule has 0 atom stereocenters. The van der Waals surface area contributed by atoms with Crippen LogP contribution in [0.1, 0.15) is 23.2 Å². The average molecular weight is 389 g/mol. The standard InChI is InChI=1S/C16H18Cl2N2O5/c1-24-15(22)12-10(17)3-4-11(13(12)18)19-14(21)9-5-7-20(8-6-9)16(23)25-2/h3-4,9H,5-8H2,1-2H3,(H,19,21). The number of rotatable bonds is 3. The second kappa shape index (κ2) is 8.40. The number of anilines is 1. The molecule has 2 amide bonds. The molecule has 1 aromatic carbocycles. The SMILES string of the molecule is COC(=O)c1c(Cl)ccc(NC(=O)C2CCN(C(=O)OC)CC2)c1Cl. The van der Waals surface area contributed by atoms with Gasteiger partial charge in [-0.1, -0.05) is 23.2 Å². The first-order chi connectivity index (χ1) is 11.9. The van der Waals surface area contributed by atoms with Gasteiger partial charge in [0.15, 0.2) is 0 Å². The minimum Gasteiger partial charge on any atom is -0.465 e. The number of esters is 1. The minimum absolute atomic E-state index is 0.00384. The molecular weight excluding hydrogens is 371 g/mol.